The SMILES string of the molecule is C[C@@H]1O[C@@H](O[C@H]2[C@H](O)[C@@H](O)[C@H](OC[C@H]3O[C@@H](OC(=O)[C@]45CCC(C)(C)C[C@H]4C4=CC[C@@H]6[C@@]7(C)CC[C@H]([C@@H]8OC[C@H](O)[C@H](O)[C@H]8O)C(C)(C)[C@@H]7CC[C@@]6(C)[C@]4(C)CC5)[C@H](O)[C@@H](O)[C@@H]3O)O[C@@H]2CO)[C@H](O)[C@H](O)[C@H]1O. The fourth-order valence-electron chi connectivity index (χ4n) is 16.6. The van der Waals surface area contributed by atoms with Crippen LogP contribution in [0.5, 0.6) is 0 Å². The van der Waals surface area contributed by atoms with Crippen LogP contribution in [-0.2, 0) is 38.0 Å². The van der Waals surface area contributed by atoms with Crippen LogP contribution in [-0.4, -0.2) is 204 Å². The largest absolute Gasteiger partial charge is 0.432 e. The quantitative estimate of drug-likeness (QED) is 0.106. The summed E-state index contributed by atoms with van der Waals surface area (Å²) in [4.78, 5) is 15.1. The summed E-state index contributed by atoms with van der Waals surface area (Å²) < 4.78 is 41.0. The third-order valence-corrected chi connectivity index (χ3v) is 21.3. The first kappa shape index (κ1) is 56.2. The molecule has 4 saturated carbocycles. The zero-order valence-corrected chi connectivity index (χ0v) is 43.7. The van der Waals surface area contributed by atoms with E-state index in [1.165, 1.54) is 12.5 Å². The zero-order valence-electron chi connectivity index (χ0n) is 43.7. The molecule has 20 heteroatoms. The molecule has 4 saturated heterocycles. The molecule has 8 fully saturated rings. The number of aliphatic hydroxyl groups excluding tert-OH is 12. The summed E-state index contributed by atoms with van der Waals surface area (Å²) in [5.41, 5.74) is -0.513. The van der Waals surface area contributed by atoms with Crippen molar-refractivity contribution in [2.24, 2.45) is 56.2 Å². The van der Waals surface area contributed by atoms with E-state index in [0.717, 1.165) is 44.9 Å². The van der Waals surface area contributed by atoms with Gasteiger partial charge >= 0.3 is 5.97 Å². The summed E-state index contributed by atoms with van der Waals surface area (Å²) in [6, 6.07) is 0. The second kappa shape index (κ2) is 20.0. The molecule has 0 amide bonds. The maximum absolute atomic E-state index is 15.1. The minimum atomic E-state index is -1.86. The molecule has 0 unspecified atom stereocenters. The van der Waals surface area contributed by atoms with Crippen molar-refractivity contribution in [2.75, 3.05) is 19.8 Å². The van der Waals surface area contributed by atoms with E-state index in [4.69, 9.17) is 33.2 Å². The van der Waals surface area contributed by atoms with Crippen molar-refractivity contribution in [1.82, 2.24) is 0 Å². The summed E-state index contributed by atoms with van der Waals surface area (Å²) in [6.07, 6.45) is -18.3. The molecule has 73 heavy (non-hydrogen) atoms. The smallest absolute Gasteiger partial charge is 0.315 e. The highest BCUT2D eigenvalue weighted by molar-refractivity contribution is 5.79. The molecule has 12 N–H and O–H groups in total. The number of fused-ring (bicyclic) bond motifs is 7. The van der Waals surface area contributed by atoms with Crippen molar-refractivity contribution in [1.29, 1.82) is 0 Å². The van der Waals surface area contributed by atoms with Crippen molar-refractivity contribution < 1.29 is 99.2 Å². The van der Waals surface area contributed by atoms with Crippen LogP contribution >= 0.6 is 0 Å². The van der Waals surface area contributed by atoms with Gasteiger partial charge in [0.05, 0.1) is 37.4 Å². The molecular weight excluding hydrogens is 957 g/mol. The van der Waals surface area contributed by atoms with Gasteiger partial charge in [-0.3, -0.25) is 4.79 Å². The summed E-state index contributed by atoms with van der Waals surface area (Å²) >= 11 is 0. The van der Waals surface area contributed by atoms with Gasteiger partial charge in [-0.2, -0.15) is 0 Å². The molecule has 0 aromatic carbocycles. The van der Waals surface area contributed by atoms with Gasteiger partial charge in [0.2, 0.25) is 6.29 Å². The van der Waals surface area contributed by atoms with Gasteiger partial charge in [-0.05, 0) is 122 Å². The van der Waals surface area contributed by atoms with Crippen LogP contribution in [0, 0.1) is 56.2 Å². The van der Waals surface area contributed by atoms with Crippen LogP contribution < -0.4 is 0 Å². The topological polar surface area (TPSA) is 324 Å². The lowest BCUT2D eigenvalue weighted by Crippen LogP contribution is -2.66. The Morgan fingerprint density at radius 2 is 1.30 bits per heavy atom. The third kappa shape index (κ3) is 9.02. The summed E-state index contributed by atoms with van der Waals surface area (Å²) in [5, 5.41) is 129. The van der Waals surface area contributed by atoms with Gasteiger partial charge in [-0.25, -0.2) is 0 Å². The van der Waals surface area contributed by atoms with Crippen LogP contribution in [0.15, 0.2) is 11.6 Å². The maximum Gasteiger partial charge on any atom is 0.315 e. The minimum Gasteiger partial charge on any atom is -0.432 e. The number of ether oxygens (including phenoxy) is 7. The van der Waals surface area contributed by atoms with Gasteiger partial charge in [0.25, 0.3) is 0 Å². The van der Waals surface area contributed by atoms with Crippen molar-refractivity contribution >= 4 is 5.97 Å². The van der Waals surface area contributed by atoms with Gasteiger partial charge in [0, 0.05) is 0 Å². The van der Waals surface area contributed by atoms with Crippen molar-refractivity contribution in [3.8, 4) is 0 Å². The van der Waals surface area contributed by atoms with E-state index in [2.05, 4.69) is 54.5 Å². The molecule has 9 rings (SSSR count). The average Bonchev–Trinajstić information content (AvgIpc) is 3.33. The average molecular weight is 1040 g/mol. The van der Waals surface area contributed by atoms with Crippen LogP contribution in [0.3, 0.4) is 0 Å². The van der Waals surface area contributed by atoms with Crippen LogP contribution in [0.2, 0.25) is 0 Å². The second-order valence-electron chi connectivity index (χ2n) is 25.9. The van der Waals surface area contributed by atoms with E-state index in [1.807, 2.05) is 0 Å². The second-order valence-corrected chi connectivity index (χ2v) is 25.9. The normalized spacial score (nSPS) is 54.7. The van der Waals surface area contributed by atoms with Crippen molar-refractivity contribution in [3.05, 3.63) is 11.6 Å². The Hall–Kier alpha value is -1.51. The highest BCUT2D eigenvalue weighted by Gasteiger charge is 2.70. The Morgan fingerprint density at radius 1 is 0.658 bits per heavy atom. The van der Waals surface area contributed by atoms with Gasteiger partial charge in [0.15, 0.2) is 12.6 Å². The molecule has 0 radical (unpaired) electrons. The molecule has 0 spiro atoms. The van der Waals surface area contributed by atoms with Crippen molar-refractivity contribution in [3.63, 3.8) is 0 Å². The van der Waals surface area contributed by atoms with E-state index >= 15 is 4.79 Å². The van der Waals surface area contributed by atoms with Gasteiger partial charge in [-0.1, -0.05) is 60.1 Å². The van der Waals surface area contributed by atoms with Gasteiger partial charge < -0.3 is 94.4 Å². The predicted molar refractivity (Wildman–Crippen MR) is 254 cm³/mol. The fraction of sp³-hybridized carbons (Fsp3) is 0.943. The highest BCUT2D eigenvalue weighted by atomic mass is 16.8. The van der Waals surface area contributed by atoms with Crippen LogP contribution in [0.1, 0.15) is 120 Å². The van der Waals surface area contributed by atoms with E-state index in [9.17, 15) is 61.3 Å². The van der Waals surface area contributed by atoms with Crippen LogP contribution in [0.25, 0.3) is 0 Å². The number of allylic oxidation sites excluding steroid dienone is 2. The fourth-order valence-corrected chi connectivity index (χ4v) is 16.6. The molecule has 0 aromatic heterocycles. The van der Waals surface area contributed by atoms with Gasteiger partial charge in [-0.15, -0.1) is 0 Å². The molecule has 27 atom stereocenters. The number of carbonyl (C=O) groups excluding carboxylic acids is 1. The molecule has 4 heterocycles. The van der Waals surface area contributed by atoms with Crippen molar-refractivity contribution in [2.45, 2.75) is 236 Å². The number of esters is 1. The predicted octanol–water partition coefficient (Wildman–Crippen LogP) is -0.0951. The first-order valence-electron chi connectivity index (χ1n) is 26.9. The number of carbonyl (C=O) groups is 1. The Kier molecular flexibility index (Phi) is 15.4. The number of hydrogen-bond donors (Lipinski definition) is 12. The number of hydrogen-bond acceptors (Lipinski definition) is 20. The highest BCUT2D eigenvalue weighted by Crippen LogP contribution is 2.76. The molecule has 4 aliphatic heterocycles. The van der Waals surface area contributed by atoms with E-state index < -0.39 is 141 Å². The lowest BCUT2D eigenvalue weighted by molar-refractivity contribution is -0.361. The molecular formula is C53H86O20. The Morgan fingerprint density at radius 3 is 2.00 bits per heavy atom. The summed E-state index contributed by atoms with van der Waals surface area (Å²) in [6.45, 7) is 16.4. The van der Waals surface area contributed by atoms with E-state index in [1.54, 1.807) is 0 Å². The first-order valence-corrected chi connectivity index (χ1v) is 26.9. The molecule has 9 aliphatic rings. The maximum atomic E-state index is 15.1. The third-order valence-electron chi connectivity index (χ3n) is 21.3. The molecule has 0 aromatic rings. The molecule has 20 nitrogen and oxygen atoms in total. The Labute approximate surface area is 427 Å². The monoisotopic (exact) mass is 1040 g/mol. The number of aliphatic hydroxyl groups is 12. The molecule has 0 bridgehead atoms. The standard InChI is InChI=1S/C53H86O20/c1-23-32(56)35(59)39(63)45(69-23)72-43-28(20-54)70-44(41(65)38(43)62)68-22-29-34(58)36(60)40(64)46(71-29)73-47(66)53-17-15-48(2,3)19-26(53)24-9-10-31-50(6)13-11-25(42-37(61)33(57)27(55)21-67-42)49(4,5)30(50)12-14-52(31,8)51(24,7)16-18-53/h9,23,25-46,54-65H,10-22H2,1-8H3/t23-,25+,26-,27-,28+,29+,30-,31+,32-,33-,34+,35+,36-,37+,38+,39+,40+,41+,42-,43+,44+,45-,46-,50-,51+,52+,53-/m0/s1. The Balaban J connectivity index is 0.900. The van der Waals surface area contributed by atoms with E-state index in [0.29, 0.717) is 31.1 Å². The lowest BCUT2D eigenvalue weighted by atomic mass is 9.33. The summed E-state index contributed by atoms with van der Waals surface area (Å²) in [7, 11) is 0. The number of rotatable bonds is 9. The lowest BCUT2D eigenvalue weighted by Gasteiger charge is -2.71. The van der Waals surface area contributed by atoms with Gasteiger partial charge in [0.1, 0.15) is 85.5 Å². The molecule has 418 valence electrons. The Bertz CT molecular complexity index is 2020. The summed E-state index contributed by atoms with van der Waals surface area (Å²) in [5.74, 6) is -0.151. The minimum absolute atomic E-state index is 0.0116. The zero-order chi connectivity index (χ0) is 53.3. The molecule has 5 aliphatic carbocycles. The first-order chi connectivity index (χ1) is 34.1. The van der Waals surface area contributed by atoms with E-state index in [-0.39, 0.29) is 45.5 Å². The van der Waals surface area contributed by atoms with Crippen LogP contribution in [0.4, 0.5) is 0 Å².